The van der Waals surface area contributed by atoms with Crippen LogP contribution in [0.2, 0.25) is 5.02 Å². The third kappa shape index (κ3) is 7.20. The lowest BCUT2D eigenvalue weighted by Crippen LogP contribution is -2.30. The monoisotopic (exact) mass is 498 g/mol. The number of hydrogen-bond donors (Lipinski definition) is 1. The molecule has 2 rings (SSSR count). The number of carbonyl (C=O) groups excluding carboxylic acids is 2. The Morgan fingerprint density at radius 2 is 1.91 bits per heavy atom. The largest absolute Gasteiger partial charge is 0.449 e. The lowest BCUT2D eigenvalue weighted by Gasteiger charge is -2.18. The maximum absolute atomic E-state index is 12.7. The van der Waals surface area contributed by atoms with Gasteiger partial charge in [0.1, 0.15) is 11.5 Å². The Morgan fingerprint density at radius 3 is 2.52 bits per heavy atom. The molecule has 1 heterocycles. The SMILES string of the molecule is CCCCCN(C(=O)c1cn(Cc2ccc(N(C)C(=O)OCCC)cc2Cl)c(C)n1)[SH](=O)=O. The molecule has 0 saturated carbocycles. The van der Waals surface area contributed by atoms with Gasteiger partial charge in [0.25, 0.3) is 5.91 Å². The summed E-state index contributed by atoms with van der Waals surface area (Å²) in [6, 6.07) is 5.21. The molecule has 33 heavy (non-hydrogen) atoms. The Bertz CT molecular complexity index is 1050. The molecule has 0 atom stereocenters. The van der Waals surface area contributed by atoms with Gasteiger partial charge in [0, 0.05) is 30.5 Å². The maximum atomic E-state index is 12.7. The number of aryl methyl sites for hydroxylation is 1. The van der Waals surface area contributed by atoms with Crippen molar-refractivity contribution in [1.29, 1.82) is 0 Å². The van der Waals surface area contributed by atoms with Crippen molar-refractivity contribution in [3.63, 3.8) is 0 Å². The van der Waals surface area contributed by atoms with Gasteiger partial charge in [-0.2, -0.15) is 0 Å². The van der Waals surface area contributed by atoms with Gasteiger partial charge in [0.2, 0.25) is 10.9 Å². The molecule has 9 nitrogen and oxygen atoms in total. The molecule has 182 valence electrons. The topological polar surface area (TPSA) is 102 Å². The Hall–Kier alpha value is -2.59. The van der Waals surface area contributed by atoms with E-state index in [1.807, 2.05) is 13.8 Å². The van der Waals surface area contributed by atoms with Crippen LogP contribution in [0, 0.1) is 6.92 Å². The van der Waals surface area contributed by atoms with Crippen LogP contribution in [0.1, 0.15) is 61.4 Å². The van der Waals surface area contributed by atoms with Crippen molar-refractivity contribution in [1.82, 2.24) is 13.9 Å². The quantitative estimate of drug-likeness (QED) is 0.370. The van der Waals surface area contributed by atoms with E-state index in [-0.39, 0.29) is 12.2 Å². The zero-order chi connectivity index (χ0) is 24.5. The fourth-order valence-corrected chi connectivity index (χ4v) is 3.91. The van der Waals surface area contributed by atoms with Gasteiger partial charge >= 0.3 is 6.09 Å². The van der Waals surface area contributed by atoms with E-state index < -0.39 is 22.9 Å². The van der Waals surface area contributed by atoms with Crippen LogP contribution in [0.4, 0.5) is 10.5 Å². The van der Waals surface area contributed by atoms with Crippen molar-refractivity contribution >= 4 is 40.2 Å². The number of carbonyl (C=O) groups is 2. The van der Waals surface area contributed by atoms with E-state index in [0.717, 1.165) is 29.1 Å². The Morgan fingerprint density at radius 1 is 1.18 bits per heavy atom. The number of anilines is 1. The number of ether oxygens (including phenoxy) is 1. The number of hydrogen-bond acceptors (Lipinski definition) is 6. The second-order valence-corrected chi connectivity index (χ2v) is 8.99. The molecule has 2 amide bonds. The fourth-order valence-electron chi connectivity index (χ4n) is 3.12. The summed E-state index contributed by atoms with van der Waals surface area (Å²) in [7, 11) is -1.44. The van der Waals surface area contributed by atoms with Crippen molar-refractivity contribution in [3.05, 3.63) is 46.5 Å². The molecule has 0 spiro atoms. The van der Waals surface area contributed by atoms with Crippen molar-refractivity contribution in [2.45, 2.75) is 53.0 Å². The molecule has 0 unspecified atom stereocenters. The fraction of sp³-hybridized carbons (Fsp3) is 0.500. The number of thiol groups is 1. The molecule has 0 saturated heterocycles. The number of aromatic nitrogens is 2. The standard InChI is InChI=1S/C22H31ClN4O5S/c1-5-7-8-11-27(33(30)31)21(28)20-15-26(16(3)24-20)14-17-9-10-18(13-19(17)23)25(4)22(29)32-12-6-2/h9-10,13,15,33H,5-8,11-12,14H2,1-4H3. The van der Waals surface area contributed by atoms with E-state index in [9.17, 15) is 18.0 Å². The van der Waals surface area contributed by atoms with Gasteiger partial charge in [-0.1, -0.05) is 44.4 Å². The van der Waals surface area contributed by atoms with Crippen LogP contribution < -0.4 is 4.90 Å². The average Bonchev–Trinajstić information content (AvgIpc) is 3.15. The molecule has 2 aromatic rings. The molecular weight excluding hydrogens is 468 g/mol. The summed E-state index contributed by atoms with van der Waals surface area (Å²) in [6.07, 6.45) is 4.15. The molecule has 0 aliphatic heterocycles. The van der Waals surface area contributed by atoms with Gasteiger partial charge in [-0.05, 0) is 37.5 Å². The van der Waals surface area contributed by atoms with Crippen LogP contribution in [0.25, 0.3) is 0 Å². The molecule has 0 fully saturated rings. The van der Waals surface area contributed by atoms with E-state index in [1.54, 1.807) is 36.7 Å². The molecule has 0 bridgehead atoms. The summed E-state index contributed by atoms with van der Waals surface area (Å²) in [5.74, 6) is -0.0916. The number of benzene rings is 1. The van der Waals surface area contributed by atoms with Crippen LogP contribution in [0.15, 0.2) is 24.4 Å². The van der Waals surface area contributed by atoms with Crippen LogP contribution >= 0.6 is 11.6 Å². The summed E-state index contributed by atoms with van der Waals surface area (Å²) >= 11 is 6.45. The number of unbranched alkanes of at least 4 members (excludes halogenated alkanes) is 2. The Labute approximate surface area is 201 Å². The minimum Gasteiger partial charge on any atom is -0.449 e. The zero-order valence-electron chi connectivity index (χ0n) is 19.4. The minimum atomic E-state index is -3.05. The van der Waals surface area contributed by atoms with E-state index >= 15 is 0 Å². The van der Waals surface area contributed by atoms with Crippen molar-refractivity contribution in [2.24, 2.45) is 0 Å². The number of imidazole rings is 1. The highest BCUT2D eigenvalue weighted by atomic mass is 35.5. The van der Waals surface area contributed by atoms with Crippen molar-refractivity contribution in [3.8, 4) is 0 Å². The third-order valence-electron chi connectivity index (χ3n) is 5.07. The first-order chi connectivity index (χ1) is 15.7. The summed E-state index contributed by atoms with van der Waals surface area (Å²) < 4.78 is 30.9. The highest BCUT2D eigenvalue weighted by Gasteiger charge is 2.22. The average molecular weight is 499 g/mol. The highest BCUT2D eigenvalue weighted by molar-refractivity contribution is 7.70. The van der Waals surface area contributed by atoms with E-state index in [0.29, 0.717) is 36.1 Å². The summed E-state index contributed by atoms with van der Waals surface area (Å²) in [4.78, 5) is 30.4. The van der Waals surface area contributed by atoms with Gasteiger partial charge in [-0.3, -0.25) is 9.69 Å². The predicted molar refractivity (Wildman–Crippen MR) is 128 cm³/mol. The zero-order valence-corrected chi connectivity index (χ0v) is 21.1. The van der Waals surface area contributed by atoms with Gasteiger partial charge in [0.05, 0.1) is 13.2 Å². The number of rotatable bonds is 11. The highest BCUT2D eigenvalue weighted by Crippen LogP contribution is 2.25. The molecule has 1 aromatic carbocycles. The van der Waals surface area contributed by atoms with Crippen molar-refractivity contribution in [2.75, 3.05) is 25.1 Å². The first kappa shape index (κ1) is 26.7. The lowest BCUT2D eigenvalue weighted by atomic mass is 10.2. The van der Waals surface area contributed by atoms with Gasteiger partial charge in [-0.15, -0.1) is 0 Å². The van der Waals surface area contributed by atoms with Crippen LogP contribution in [-0.4, -0.2) is 54.5 Å². The predicted octanol–water partition coefficient (Wildman–Crippen LogP) is 4.03. The smallest absolute Gasteiger partial charge is 0.414 e. The normalized spacial score (nSPS) is 11.0. The summed E-state index contributed by atoms with van der Waals surface area (Å²) in [5.41, 5.74) is 1.41. The van der Waals surface area contributed by atoms with Crippen LogP contribution in [0.3, 0.4) is 0 Å². The molecule has 0 aliphatic rings. The van der Waals surface area contributed by atoms with E-state index in [4.69, 9.17) is 16.3 Å². The minimum absolute atomic E-state index is 0.0642. The maximum Gasteiger partial charge on any atom is 0.414 e. The molecule has 1 aromatic heterocycles. The molecular formula is C22H31ClN4O5S. The number of nitrogens with zero attached hydrogens (tertiary/aromatic N) is 4. The summed E-state index contributed by atoms with van der Waals surface area (Å²) in [5, 5.41) is 0.437. The van der Waals surface area contributed by atoms with E-state index in [2.05, 4.69) is 4.98 Å². The first-order valence-electron chi connectivity index (χ1n) is 10.9. The number of amides is 2. The molecule has 0 radical (unpaired) electrons. The summed E-state index contributed by atoms with van der Waals surface area (Å²) in [6.45, 7) is 6.46. The van der Waals surface area contributed by atoms with E-state index in [1.165, 1.54) is 11.1 Å². The second kappa shape index (κ2) is 12.6. The van der Waals surface area contributed by atoms with Crippen molar-refractivity contribution < 1.29 is 22.7 Å². The van der Waals surface area contributed by atoms with Gasteiger partial charge in [0.15, 0.2) is 0 Å². The van der Waals surface area contributed by atoms with Gasteiger partial charge < -0.3 is 9.30 Å². The molecule has 0 aliphatic carbocycles. The molecule has 0 N–H and O–H groups in total. The lowest BCUT2D eigenvalue weighted by molar-refractivity contribution is 0.0858. The van der Waals surface area contributed by atoms with Crippen LogP contribution in [-0.2, 0) is 22.2 Å². The first-order valence-corrected chi connectivity index (χ1v) is 12.4. The van der Waals surface area contributed by atoms with Gasteiger partial charge in [-0.25, -0.2) is 22.5 Å². The Kier molecular flexibility index (Phi) is 10.2. The molecule has 11 heteroatoms. The van der Waals surface area contributed by atoms with Crippen LogP contribution in [0.5, 0.6) is 0 Å². The Balaban J connectivity index is 2.17. The second-order valence-electron chi connectivity index (χ2n) is 7.62. The third-order valence-corrected chi connectivity index (χ3v) is 6.20. The number of halogens is 1.